The Morgan fingerprint density at radius 1 is 1.42 bits per heavy atom. The lowest BCUT2D eigenvalue weighted by atomic mass is 9.90. The molecule has 3 heterocycles. The number of piperazine rings is 1. The van der Waals surface area contributed by atoms with Gasteiger partial charge in [-0.3, -0.25) is 9.30 Å². The minimum Gasteiger partial charge on any atom is -0.309 e. The number of imidazole rings is 1. The van der Waals surface area contributed by atoms with Gasteiger partial charge in [0.15, 0.2) is 4.96 Å². The Balaban J connectivity index is 1.70. The Kier molecular flexibility index (Phi) is 3.60. The van der Waals surface area contributed by atoms with Crippen LogP contribution in [0.3, 0.4) is 0 Å². The zero-order chi connectivity index (χ0) is 13.3. The van der Waals surface area contributed by atoms with Crippen LogP contribution in [-0.4, -0.2) is 39.5 Å². The van der Waals surface area contributed by atoms with Crippen molar-refractivity contribution in [2.45, 2.75) is 38.8 Å². The van der Waals surface area contributed by atoms with Gasteiger partial charge in [-0.05, 0) is 12.8 Å². The summed E-state index contributed by atoms with van der Waals surface area (Å²) in [4.78, 5) is 8.32. The molecule has 0 amide bonds. The first kappa shape index (κ1) is 13.1. The Bertz CT molecular complexity index is 512. The number of nitrogens with one attached hydrogen (secondary N) is 1. The molecule has 0 atom stereocenters. The predicted octanol–water partition coefficient (Wildman–Crippen LogP) is 2.36. The van der Waals surface area contributed by atoms with Crippen molar-refractivity contribution in [3.8, 4) is 0 Å². The van der Waals surface area contributed by atoms with Crippen molar-refractivity contribution in [1.29, 1.82) is 0 Å². The van der Waals surface area contributed by atoms with Crippen LogP contribution < -0.4 is 5.32 Å². The highest BCUT2D eigenvalue weighted by Crippen LogP contribution is 2.21. The van der Waals surface area contributed by atoms with Crippen LogP contribution in [0.15, 0.2) is 17.8 Å². The highest BCUT2D eigenvalue weighted by Gasteiger charge is 2.31. The number of nitrogens with zero attached hydrogens (tertiary/aromatic N) is 3. The zero-order valence-corrected chi connectivity index (χ0v) is 12.5. The molecule has 1 aliphatic rings. The molecule has 0 saturated carbocycles. The summed E-state index contributed by atoms with van der Waals surface area (Å²) in [6.07, 6.45) is 6.63. The molecule has 0 bridgehead atoms. The normalized spacial score (nSPS) is 20.1. The molecule has 2 aromatic rings. The lowest BCUT2D eigenvalue weighted by Crippen LogP contribution is -2.59. The van der Waals surface area contributed by atoms with E-state index in [2.05, 4.69) is 51.2 Å². The molecule has 5 heteroatoms. The van der Waals surface area contributed by atoms with Crippen molar-refractivity contribution >= 4 is 16.3 Å². The maximum atomic E-state index is 4.69. The van der Waals surface area contributed by atoms with E-state index < -0.39 is 0 Å². The van der Waals surface area contributed by atoms with E-state index in [9.17, 15) is 0 Å². The zero-order valence-electron chi connectivity index (χ0n) is 11.7. The van der Waals surface area contributed by atoms with Crippen LogP contribution in [-0.2, 0) is 6.54 Å². The fourth-order valence-corrected chi connectivity index (χ4v) is 3.70. The molecule has 0 unspecified atom stereocenters. The summed E-state index contributed by atoms with van der Waals surface area (Å²) in [7, 11) is 0. The van der Waals surface area contributed by atoms with Gasteiger partial charge < -0.3 is 5.32 Å². The van der Waals surface area contributed by atoms with Gasteiger partial charge in [-0.1, -0.05) is 13.8 Å². The number of fused-ring (bicyclic) bond motifs is 1. The van der Waals surface area contributed by atoms with E-state index in [0.717, 1.165) is 31.1 Å². The molecule has 0 aliphatic carbocycles. The van der Waals surface area contributed by atoms with E-state index in [4.69, 9.17) is 0 Å². The SMILES string of the molecule is CCC1(CC)CN(Cc2cn3ccsc3n2)CCN1. The van der Waals surface area contributed by atoms with Gasteiger partial charge in [0.1, 0.15) is 0 Å². The van der Waals surface area contributed by atoms with Crippen molar-refractivity contribution in [3.05, 3.63) is 23.5 Å². The van der Waals surface area contributed by atoms with Gasteiger partial charge in [-0.15, -0.1) is 11.3 Å². The molecule has 0 aromatic carbocycles. The van der Waals surface area contributed by atoms with E-state index >= 15 is 0 Å². The van der Waals surface area contributed by atoms with Gasteiger partial charge in [-0.2, -0.15) is 0 Å². The molecule has 0 radical (unpaired) electrons. The maximum Gasteiger partial charge on any atom is 0.193 e. The molecule has 1 fully saturated rings. The standard InChI is InChI=1S/C14H22N4S/c1-3-14(4-2)11-17(6-5-15-14)9-12-10-18-7-8-19-13(18)16-12/h7-8,10,15H,3-6,9,11H2,1-2H3. The highest BCUT2D eigenvalue weighted by atomic mass is 32.1. The van der Waals surface area contributed by atoms with Gasteiger partial charge >= 0.3 is 0 Å². The average Bonchev–Trinajstić information content (AvgIpc) is 3.00. The first-order chi connectivity index (χ1) is 9.24. The topological polar surface area (TPSA) is 32.6 Å². The monoisotopic (exact) mass is 278 g/mol. The van der Waals surface area contributed by atoms with Crippen molar-refractivity contribution in [3.63, 3.8) is 0 Å². The highest BCUT2D eigenvalue weighted by molar-refractivity contribution is 7.15. The van der Waals surface area contributed by atoms with Gasteiger partial charge in [0.05, 0.1) is 5.69 Å². The second kappa shape index (κ2) is 5.23. The van der Waals surface area contributed by atoms with E-state index in [0.29, 0.717) is 5.54 Å². The summed E-state index contributed by atoms with van der Waals surface area (Å²) in [6.45, 7) is 8.87. The van der Waals surface area contributed by atoms with Crippen molar-refractivity contribution in [2.24, 2.45) is 0 Å². The molecular weight excluding hydrogens is 256 g/mol. The summed E-state index contributed by atoms with van der Waals surface area (Å²) < 4.78 is 2.12. The van der Waals surface area contributed by atoms with Gasteiger partial charge in [-0.25, -0.2) is 4.98 Å². The number of aromatic nitrogens is 2. The first-order valence-corrected chi connectivity index (χ1v) is 8.01. The third kappa shape index (κ3) is 2.55. The van der Waals surface area contributed by atoms with Crippen LogP contribution in [0.25, 0.3) is 4.96 Å². The first-order valence-electron chi connectivity index (χ1n) is 7.13. The molecule has 2 aromatic heterocycles. The molecule has 19 heavy (non-hydrogen) atoms. The molecule has 3 rings (SSSR count). The molecule has 1 aliphatic heterocycles. The molecule has 0 spiro atoms. The number of rotatable bonds is 4. The summed E-state index contributed by atoms with van der Waals surface area (Å²) in [5.74, 6) is 0. The van der Waals surface area contributed by atoms with Crippen LogP contribution in [0.2, 0.25) is 0 Å². The quantitative estimate of drug-likeness (QED) is 0.932. The Morgan fingerprint density at radius 2 is 2.26 bits per heavy atom. The Hall–Kier alpha value is -0.910. The average molecular weight is 278 g/mol. The van der Waals surface area contributed by atoms with Crippen molar-refractivity contribution < 1.29 is 0 Å². The van der Waals surface area contributed by atoms with Crippen LogP contribution in [0.5, 0.6) is 0 Å². The molecule has 1 N–H and O–H groups in total. The number of hydrogen-bond acceptors (Lipinski definition) is 4. The van der Waals surface area contributed by atoms with Gasteiger partial charge in [0.25, 0.3) is 0 Å². The predicted molar refractivity (Wildman–Crippen MR) is 79.7 cm³/mol. The molecular formula is C14H22N4S. The molecule has 104 valence electrons. The number of thiazole rings is 1. The van der Waals surface area contributed by atoms with Crippen molar-refractivity contribution in [1.82, 2.24) is 19.6 Å². The van der Waals surface area contributed by atoms with Gasteiger partial charge in [0, 0.05) is 49.5 Å². The van der Waals surface area contributed by atoms with Gasteiger partial charge in [0.2, 0.25) is 0 Å². The second-order valence-electron chi connectivity index (χ2n) is 5.45. The lowest BCUT2D eigenvalue weighted by Gasteiger charge is -2.43. The summed E-state index contributed by atoms with van der Waals surface area (Å²) in [5.41, 5.74) is 1.49. The molecule has 4 nitrogen and oxygen atoms in total. The van der Waals surface area contributed by atoms with E-state index in [1.165, 1.54) is 18.5 Å². The molecule has 1 saturated heterocycles. The summed E-state index contributed by atoms with van der Waals surface area (Å²) in [5, 5.41) is 5.78. The second-order valence-corrected chi connectivity index (χ2v) is 6.32. The van der Waals surface area contributed by atoms with Crippen LogP contribution in [0, 0.1) is 0 Å². The number of hydrogen-bond donors (Lipinski definition) is 1. The van der Waals surface area contributed by atoms with E-state index in [-0.39, 0.29) is 0 Å². The minimum absolute atomic E-state index is 0.301. The fraction of sp³-hybridized carbons (Fsp3) is 0.643. The largest absolute Gasteiger partial charge is 0.309 e. The van der Waals surface area contributed by atoms with Crippen LogP contribution >= 0.6 is 11.3 Å². The fourth-order valence-electron chi connectivity index (χ4n) is 2.98. The third-order valence-electron chi connectivity index (χ3n) is 4.34. The van der Waals surface area contributed by atoms with Crippen molar-refractivity contribution in [2.75, 3.05) is 19.6 Å². The van der Waals surface area contributed by atoms with E-state index in [1.54, 1.807) is 11.3 Å². The third-order valence-corrected chi connectivity index (χ3v) is 5.11. The summed E-state index contributed by atoms with van der Waals surface area (Å²) in [6, 6.07) is 0. The smallest absolute Gasteiger partial charge is 0.193 e. The minimum atomic E-state index is 0.301. The maximum absolute atomic E-state index is 4.69. The Morgan fingerprint density at radius 3 is 3.00 bits per heavy atom. The van der Waals surface area contributed by atoms with Crippen LogP contribution in [0.1, 0.15) is 32.4 Å². The summed E-state index contributed by atoms with van der Waals surface area (Å²) >= 11 is 1.70. The van der Waals surface area contributed by atoms with E-state index in [1.807, 2.05) is 0 Å². The Labute approximate surface area is 118 Å². The lowest BCUT2D eigenvalue weighted by molar-refractivity contribution is 0.117. The van der Waals surface area contributed by atoms with Crippen LogP contribution in [0.4, 0.5) is 0 Å².